The second kappa shape index (κ2) is 7.64. The van der Waals surface area contributed by atoms with E-state index in [9.17, 15) is 9.59 Å². The van der Waals surface area contributed by atoms with Gasteiger partial charge in [-0.3, -0.25) is 9.59 Å². The SMILES string of the molecule is CC1CCC(N2CC(C(=O)NC3CCNC3)CC2=O)CC1.Cl. The molecule has 0 aromatic heterocycles. The van der Waals surface area contributed by atoms with E-state index in [2.05, 4.69) is 17.6 Å². The smallest absolute Gasteiger partial charge is 0.225 e. The van der Waals surface area contributed by atoms with Crippen molar-refractivity contribution in [3.63, 3.8) is 0 Å². The molecule has 0 aromatic rings. The molecular weight excluding hydrogens is 302 g/mol. The molecule has 3 rings (SSSR count). The van der Waals surface area contributed by atoms with E-state index in [1.165, 1.54) is 12.8 Å². The average Bonchev–Trinajstić information content (AvgIpc) is 3.09. The van der Waals surface area contributed by atoms with Crippen molar-refractivity contribution in [3.05, 3.63) is 0 Å². The fourth-order valence-electron chi connectivity index (χ4n) is 3.91. The number of likely N-dealkylation sites (tertiary alicyclic amines) is 1. The summed E-state index contributed by atoms with van der Waals surface area (Å²) in [5.41, 5.74) is 0. The second-order valence-corrected chi connectivity index (χ2v) is 7.06. The zero-order valence-corrected chi connectivity index (χ0v) is 14.2. The Hall–Kier alpha value is -0.810. The number of hydrogen-bond donors (Lipinski definition) is 2. The Bertz CT molecular complexity index is 404. The third kappa shape index (κ3) is 3.93. The first kappa shape index (κ1) is 17.5. The second-order valence-electron chi connectivity index (χ2n) is 7.06. The standard InChI is InChI=1S/C16H27N3O2.ClH/c1-11-2-4-14(5-3-11)19-10-12(8-15(19)20)16(21)18-13-6-7-17-9-13;/h11-14,17H,2-10H2,1H3,(H,18,21);1H. The van der Waals surface area contributed by atoms with Gasteiger partial charge in [-0.2, -0.15) is 0 Å². The summed E-state index contributed by atoms with van der Waals surface area (Å²) in [5, 5.41) is 6.34. The van der Waals surface area contributed by atoms with Crippen LogP contribution in [0.4, 0.5) is 0 Å². The van der Waals surface area contributed by atoms with Crippen LogP contribution in [0, 0.1) is 11.8 Å². The highest BCUT2D eigenvalue weighted by Crippen LogP contribution is 2.31. The zero-order valence-electron chi connectivity index (χ0n) is 13.3. The molecule has 0 bridgehead atoms. The number of nitrogens with one attached hydrogen (secondary N) is 2. The number of carbonyl (C=O) groups is 2. The molecule has 2 heterocycles. The third-order valence-electron chi connectivity index (χ3n) is 5.36. The van der Waals surface area contributed by atoms with Gasteiger partial charge in [-0.15, -0.1) is 12.4 Å². The Labute approximate surface area is 139 Å². The third-order valence-corrected chi connectivity index (χ3v) is 5.36. The van der Waals surface area contributed by atoms with Crippen molar-refractivity contribution in [2.45, 2.75) is 57.5 Å². The Morgan fingerprint density at radius 3 is 2.59 bits per heavy atom. The lowest BCUT2D eigenvalue weighted by atomic mass is 9.87. The lowest BCUT2D eigenvalue weighted by Gasteiger charge is -2.33. The fraction of sp³-hybridized carbons (Fsp3) is 0.875. The highest BCUT2D eigenvalue weighted by Gasteiger charge is 2.39. The number of halogens is 1. The van der Waals surface area contributed by atoms with Crippen LogP contribution in [0.2, 0.25) is 0 Å². The Kier molecular flexibility index (Phi) is 6.09. The quantitative estimate of drug-likeness (QED) is 0.821. The summed E-state index contributed by atoms with van der Waals surface area (Å²) >= 11 is 0. The normalized spacial score (nSPS) is 35.3. The van der Waals surface area contributed by atoms with Crippen LogP contribution in [-0.4, -0.2) is 48.4 Å². The van der Waals surface area contributed by atoms with E-state index in [1.807, 2.05) is 4.90 Å². The number of amides is 2. The summed E-state index contributed by atoms with van der Waals surface area (Å²) in [5.74, 6) is 0.897. The minimum Gasteiger partial charge on any atom is -0.352 e. The van der Waals surface area contributed by atoms with Crippen LogP contribution in [0.25, 0.3) is 0 Å². The van der Waals surface area contributed by atoms with Crippen molar-refractivity contribution in [2.75, 3.05) is 19.6 Å². The van der Waals surface area contributed by atoms with Gasteiger partial charge in [-0.05, 0) is 44.6 Å². The van der Waals surface area contributed by atoms with Gasteiger partial charge < -0.3 is 15.5 Å². The van der Waals surface area contributed by atoms with E-state index in [0.717, 1.165) is 38.3 Å². The molecule has 6 heteroatoms. The van der Waals surface area contributed by atoms with Crippen molar-refractivity contribution in [1.82, 2.24) is 15.5 Å². The van der Waals surface area contributed by atoms with E-state index in [0.29, 0.717) is 19.0 Å². The molecule has 2 amide bonds. The highest BCUT2D eigenvalue weighted by atomic mass is 35.5. The summed E-state index contributed by atoms with van der Waals surface area (Å²) in [6, 6.07) is 0.622. The van der Waals surface area contributed by atoms with Gasteiger partial charge in [0.1, 0.15) is 0 Å². The molecule has 22 heavy (non-hydrogen) atoms. The Balaban J connectivity index is 0.00000176. The van der Waals surface area contributed by atoms with Crippen LogP contribution in [-0.2, 0) is 9.59 Å². The van der Waals surface area contributed by atoms with Crippen LogP contribution in [0.1, 0.15) is 45.4 Å². The monoisotopic (exact) mass is 329 g/mol. The number of carbonyl (C=O) groups excluding carboxylic acids is 2. The first-order valence-electron chi connectivity index (χ1n) is 8.44. The predicted molar refractivity (Wildman–Crippen MR) is 87.9 cm³/mol. The van der Waals surface area contributed by atoms with Crippen molar-refractivity contribution in [3.8, 4) is 0 Å². The zero-order chi connectivity index (χ0) is 14.8. The molecular formula is C16H28ClN3O2. The summed E-state index contributed by atoms with van der Waals surface area (Å²) in [4.78, 5) is 26.5. The largest absolute Gasteiger partial charge is 0.352 e. The molecule has 126 valence electrons. The molecule has 2 atom stereocenters. The van der Waals surface area contributed by atoms with Crippen molar-refractivity contribution < 1.29 is 9.59 Å². The number of hydrogen-bond acceptors (Lipinski definition) is 3. The molecule has 1 saturated carbocycles. The highest BCUT2D eigenvalue weighted by molar-refractivity contribution is 5.89. The minimum absolute atomic E-state index is 0. The molecule has 0 aromatic carbocycles. The molecule has 2 unspecified atom stereocenters. The maximum atomic E-state index is 12.3. The molecule has 0 radical (unpaired) electrons. The van der Waals surface area contributed by atoms with Crippen molar-refractivity contribution >= 4 is 24.2 Å². The molecule has 0 spiro atoms. The molecule has 5 nitrogen and oxygen atoms in total. The van der Waals surface area contributed by atoms with Crippen molar-refractivity contribution in [2.24, 2.45) is 11.8 Å². The first-order valence-corrected chi connectivity index (χ1v) is 8.44. The van der Waals surface area contributed by atoms with Gasteiger partial charge in [0.05, 0.1) is 5.92 Å². The van der Waals surface area contributed by atoms with Crippen LogP contribution in [0.15, 0.2) is 0 Å². The van der Waals surface area contributed by atoms with E-state index < -0.39 is 0 Å². The van der Waals surface area contributed by atoms with Crippen LogP contribution < -0.4 is 10.6 Å². The van der Waals surface area contributed by atoms with E-state index >= 15 is 0 Å². The van der Waals surface area contributed by atoms with Gasteiger partial charge >= 0.3 is 0 Å². The van der Waals surface area contributed by atoms with Gasteiger partial charge in [0.25, 0.3) is 0 Å². The topological polar surface area (TPSA) is 61.4 Å². The lowest BCUT2D eigenvalue weighted by Crippen LogP contribution is -2.42. The summed E-state index contributed by atoms with van der Waals surface area (Å²) < 4.78 is 0. The maximum absolute atomic E-state index is 12.3. The van der Waals surface area contributed by atoms with Gasteiger partial charge in [-0.25, -0.2) is 0 Å². The molecule has 3 aliphatic rings. The first-order chi connectivity index (χ1) is 10.1. The van der Waals surface area contributed by atoms with E-state index in [1.54, 1.807) is 0 Å². The fourth-order valence-corrected chi connectivity index (χ4v) is 3.91. The summed E-state index contributed by atoms with van der Waals surface area (Å²) in [6.07, 6.45) is 6.02. The lowest BCUT2D eigenvalue weighted by molar-refractivity contribution is -0.131. The summed E-state index contributed by atoms with van der Waals surface area (Å²) in [7, 11) is 0. The van der Waals surface area contributed by atoms with Gasteiger partial charge in [0.15, 0.2) is 0 Å². The summed E-state index contributed by atoms with van der Waals surface area (Å²) in [6.45, 7) is 4.75. The number of nitrogens with zero attached hydrogens (tertiary/aromatic N) is 1. The van der Waals surface area contributed by atoms with Gasteiger partial charge in [-0.1, -0.05) is 6.92 Å². The van der Waals surface area contributed by atoms with E-state index in [4.69, 9.17) is 0 Å². The van der Waals surface area contributed by atoms with Crippen LogP contribution in [0.5, 0.6) is 0 Å². The van der Waals surface area contributed by atoms with Gasteiger partial charge in [0, 0.05) is 31.6 Å². The van der Waals surface area contributed by atoms with Crippen LogP contribution in [0.3, 0.4) is 0 Å². The molecule has 2 N–H and O–H groups in total. The van der Waals surface area contributed by atoms with E-state index in [-0.39, 0.29) is 36.2 Å². The predicted octanol–water partition coefficient (Wildman–Crippen LogP) is 1.31. The molecule has 3 fully saturated rings. The Morgan fingerprint density at radius 2 is 1.95 bits per heavy atom. The average molecular weight is 330 g/mol. The molecule has 2 aliphatic heterocycles. The van der Waals surface area contributed by atoms with Crippen LogP contribution >= 0.6 is 12.4 Å². The number of rotatable bonds is 3. The molecule has 2 saturated heterocycles. The Morgan fingerprint density at radius 1 is 1.23 bits per heavy atom. The van der Waals surface area contributed by atoms with Gasteiger partial charge in [0.2, 0.25) is 11.8 Å². The van der Waals surface area contributed by atoms with Crippen molar-refractivity contribution in [1.29, 1.82) is 0 Å². The maximum Gasteiger partial charge on any atom is 0.225 e. The molecule has 1 aliphatic carbocycles. The minimum atomic E-state index is -0.141.